The minimum Gasteiger partial charge on any atom is -0.391 e. The van der Waals surface area contributed by atoms with Crippen molar-refractivity contribution in [2.24, 2.45) is 10.2 Å². The Bertz CT molecular complexity index is 716. The van der Waals surface area contributed by atoms with E-state index in [4.69, 9.17) is 0 Å². The molecule has 2 aromatic rings. The third-order valence-electron chi connectivity index (χ3n) is 4.21. The smallest absolute Gasteiger partial charge is 0.319 e. The van der Waals surface area contributed by atoms with Crippen LogP contribution in [0.1, 0.15) is 25.7 Å². The molecule has 0 aliphatic heterocycles. The molecule has 130 valence electrons. The van der Waals surface area contributed by atoms with Crippen molar-refractivity contribution in [3.63, 3.8) is 0 Å². The number of aliphatic hydroxyl groups excluding tert-OH is 1. The molecule has 0 heterocycles. The number of benzene rings is 2. The highest BCUT2D eigenvalue weighted by molar-refractivity contribution is 5.89. The van der Waals surface area contributed by atoms with Crippen molar-refractivity contribution in [3.8, 4) is 0 Å². The number of carbonyl (C=O) groups is 1. The van der Waals surface area contributed by atoms with Gasteiger partial charge in [-0.3, -0.25) is 0 Å². The van der Waals surface area contributed by atoms with Gasteiger partial charge in [-0.2, -0.15) is 10.2 Å². The molecular formula is C19H22N4O2. The van der Waals surface area contributed by atoms with E-state index in [0.717, 1.165) is 31.4 Å². The van der Waals surface area contributed by atoms with Crippen molar-refractivity contribution in [2.45, 2.75) is 37.8 Å². The molecule has 25 heavy (non-hydrogen) atoms. The Morgan fingerprint density at radius 2 is 1.56 bits per heavy atom. The van der Waals surface area contributed by atoms with E-state index >= 15 is 0 Å². The summed E-state index contributed by atoms with van der Waals surface area (Å²) in [6.45, 7) is 0. The molecule has 2 atom stereocenters. The van der Waals surface area contributed by atoms with Crippen LogP contribution in [0.5, 0.6) is 0 Å². The summed E-state index contributed by atoms with van der Waals surface area (Å²) in [5.41, 5.74) is 2.16. The molecular weight excluding hydrogens is 316 g/mol. The minimum atomic E-state index is -0.458. The van der Waals surface area contributed by atoms with E-state index in [1.165, 1.54) is 0 Å². The van der Waals surface area contributed by atoms with Gasteiger partial charge in [0.2, 0.25) is 0 Å². The quantitative estimate of drug-likeness (QED) is 0.716. The van der Waals surface area contributed by atoms with Crippen LogP contribution < -0.4 is 10.6 Å². The number of azo groups is 1. The van der Waals surface area contributed by atoms with Crippen LogP contribution in [0.4, 0.5) is 21.9 Å². The van der Waals surface area contributed by atoms with E-state index in [0.29, 0.717) is 11.4 Å². The zero-order valence-electron chi connectivity index (χ0n) is 13.9. The maximum atomic E-state index is 12.0. The summed E-state index contributed by atoms with van der Waals surface area (Å²) in [6.07, 6.45) is 3.14. The fraction of sp³-hybridized carbons (Fsp3) is 0.316. The molecule has 1 fully saturated rings. The first-order valence-electron chi connectivity index (χ1n) is 8.53. The molecule has 6 nitrogen and oxygen atoms in total. The van der Waals surface area contributed by atoms with Gasteiger partial charge in [-0.25, -0.2) is 4.79 Å². The minimum absolute atomic E-state index is 0.173. The lowest BCUT2D eigenvalue weighted by Gasteiger charge is -2.28. The number of nitrogens with one attached hydrogen (secondary N) is 2. The molecule has 1 saturated carbocycles. The molecule has 3 rings (SSSR count). The third-order valence-corrected chi connectivity index (χ3v) is 4.21. The number of rotatable bonds is 4. The molecule has 0 radical (unpaired) electrons. The van der Waals surface area contributed by atoms with Crippen molar-refractivity contribution in [1.29, 1.82) is 0 Å². The SMILES string of the molecule is O=C(Nc1ccc(N=Nc2ccccc2)cc1)NC1CCCCC1O. The lowest BCUT2D eigenvalue weighted by Crippen LogP contribution is -2.46. The second-order valence-corrected chi connectivity index (χ2v) is 6.14. The molecule has 0 bridgehead atoms. The highest BCUT2D eigenvalue weighted by atomic mass is 16.3. The number of urea groups is 1. The summed E-state index contributed by atoms with van der Waals surface area (Å²) in [6, 6.07) is 16.1. The van der Waals surface area contributed by atoms with Gasteiger partial charge < -0.3 is 15.7 Å². The topological polar surface area (TPSA) is 86.1 Å². The van der Waals surface area contributed by atoms with Gasteiger partial charge >= 0.3 is 6.03 Å². The fourth-order valence-electron chi connectivity index (χ4n) is 2.84. The second-order valence-electron chi connectivity index (χ2n) is 6.14. The van der Waals surface area contributed by atoms with Gasteiger partial charge in [0.05, 0.1) is 23.5 Å². The molecule has 3 N–H and O–H groups in total. The summed E-state index contributed by atoms with van der Waals surface area (Å²) < 4.78 is 0. The first kappa shape index (κ1) is 17.1. The van der Waals surface area contributed by atoms with Crippen LogP contribution in [0.3, 0.4) is 0 Å². The largest absolute Gasteiger partial charge is 0.391 e. The summed E-state index contributed by atoms with van der Waals surface area (Å²) in [7, 11) is 0. The number of hydrogen-bond acceptors (Lipinski definition) is 4. The fourth-order valence-corrected chi connectivity index (χ4v) is 2.84. The number of carbonyl (C=O) groups excluding carboxylic acids is 1. The Hall–Kier alpha value is -2.73. The average molecular weight is 338 g/mol. The molecule has 6 heteroatoms. The average Bonchev–Trinajstić information content (AvgIpc) is 2.64. The summed E-state index contributed by atoms with van der Waals surface area (Å²) >= 11 is 0. The van der Waals surface area contributed by atoms with E-state index in [-0.39, 0.29) is 12.1 Å². The Balaban J connectivity index is 1.53. The van der Waals surface area contributed by atoms with Gasteiger partial charge in [0, 0.05) is 5.69 Å². The molecule has 0 aromatic heterocycles. The Morgan fingerprint density at radius 1 is 0.920 bits per heavy atom. The molecule has 0 saturated heterocycles. The van der Waals surface area contributed by atoms with Crippen LogP contribution >= 0.6 is 0 Å². The summed E-state index contributed by atoms with van der Waals surface area (Å²) in [4.78, 5) is 12.0. The van der Waals surface area contributed by atoms with Gasteiger partial charge in [0.1, 0.15) is 0 Å². The van der Waals surface area contributed by atoms with E-state index in [2.05, 4.69) is 20.9 Å². The van der Waals surface area contributed by atoms with E-state index < -0.39 is 6.10 Å². The van der Waals surface area contributed by atoms with E-state index in [1.54, 1.807) is 24.3 Å². The molecule has 0 spiro atoms. The lowest BCUT2D eigenvalue weighted by molar-refractivity contribution is 0.0955. The molecule has 2 unspecified atom stereocenters. The summed E-state index contributed by atoms with van der Waals surface area (Å²) in [5.74, 6) is 0. The third kappa shape index (κ3) is 5.12. The predicted molar refractivity (Wildman–Crippen MR) is 97.5 cm³/mol. The Morgan fingerprint density at radius 3 is 2.24 bits per heavy atom. The van der Waals surface area contributed by atoms with Crippen molar-refractivity contribution < 1.29 is 9.90 Å². The van der Waals surface area contributed by atoms with Crippen LogP contribution in [0.25, 0.3) is 0 Å². The summed E-state index contributed by atoms with van der Waals surface area (Å²) in [5, 5.41) is 23.8. The van der Waals surface area contributed by atoms with Crippen LogP contribution in [-0.2, 0) is 0 Å². The zero-order chi connectivity index (χ0) is 17.5. The highest BCUT2D eigenvalue weighted by Gasteiger charge is 2.24. The lowest BCUT2D eigenvalue weighted by atomic mass is 9.93. The first-order valence-corrected chi connectivity index (χ1v) is 8.53. The standard InChI is InChI=1S/C19H22N4O2/c24-18-9-5-4-8-17(18)21-19(25)20-14-10-12-16(13-11-14)23-22-15-6-2-1-3-7-15/h1-3,6-7,10-13,17-18,24H,4-5,8-9H2,(H2,20,21,25). The van der Waals surface area contributed by atoms with Gasteiger partial charge in [-0.05, 0) is 49.2 Å². The second kappa shape index (κ2) is 8.39. The van der Waals surface area contributed by atoms with Gasteiger partial charge in [-0.1, -0.05) is 31.0 Å². The van der Waals surface area contributed by atoms with Crippen molar-refractivity contribution in [3.05, 3.63) is 54.6 Å². The number of anilines is 1. The molecule has 1 aliphatic rings. The van der Waals surface area contributed by atoms with Crippen LogP contribution in [0.15, 0.2) is 64.8 Å². The van der Waals surface area contributed by atoms with Crippen molar-refractivity contribution >= 4 is 23.1 Å². The Kier molecular flexibility index (Phi) is 5.74. The van der Waals surface area contributed by atoms with Crippen LogP contribution in [-0.4, -0.2) is 23.3 Å². The van der Waals surface area contributed by atoms with Crippen LogP contribution in [0.2, 0.25) is 0 Å². The highest BCUT2D eigenvalue weighted by Crippen LogP contribution is 2.21. The molecule has 2 aromatic carbocycles. The molecule has 2 amide bonds. The van der Waals surface area contributed by atoms with Gasteiger partial charge in [-0.15, -0.1) is 0 Å². The zero-order valence-corrected chi connectivity index (χ0v) is 13.9. The number of hydrogen-bond donors (Lipinski definition) is 3. The number of aliphatic hydroxyl groups is 1. The van der Waals surface area contributed by atoms with E-state index in [1.807, 2.05) is 30.3 Å². The Labute approximate surface area is 147 Å². The normalized spacial score (nSPS) is 20.4. The number of nitrogens with zero attached hydrogens (tertiary/aromatic N) is 2. The van der Waals surface area contributed by atoms with Gasteiger partial charge in [0.15, 0.2) is 0 Å². The number of amides is 2. The van der Waals surface area contributed by atoms with Crippen molar-refractivity contribution in [2.75, 3.05) is 5.32 Å². The van der Waals surface area contributed by atoms with Crippen LogP contribution in [0, 0.1) is 0 Å². The van der Waals surface area contributed by atoms with Crippen molar-refractivity contribution in [1.82, 2.24) is 5.32 Å². The molecule has 1 aliphatic carbocycles. The first-order chi connectivity index (χ1) is 12.2. The maximum Gasteiger partial charge on any atom is 0.319 e. The predicted octanol–water partition coefficient (Wildman–Crippen LogP) is 4.53. The maximum absolute atomic E-state index is 12.0. The monoisotopic (exact) mass is 338 g/mol. The van der Waals surface area contributed by atoms with Gasteiger partial charge in [0.25, 0.3) is 0 Å². The van der Waals surface area contributed by atoms with E-state index in [9.17, 15) is 9.90 Å².